The van der Waals surface area contributed by atoms with Gasteiger partial charge in [-0.3, -0.25) is 4.79 Å². The van der Waals surface area contributed by atoms with E-state index in [0.29, 0.717) is 6.42 Å². The van der Waals surface area contributed by atoms with E-state index in [2.05, 4.69) is 39.9 Å². The Hall–Kier alpha value is -0.610. The number of amides is 1. The molecule has 4 nitrogen and oxygen atoms in total. The van der Waals surface area contributed by atoms with E-state index in [0.717, 1.165) is 13.0 Å². The highest BCUT2D eigenvalue weighted by atomic mass is 16.3. The Morgan fingerprint density at radius 2 is 2.06 bits per heavy atom. The zero-order valence-electron chi connectivity index (χ0n) is 11.7. The summed E-state index contributed by atoms with van der Waals surface area (Å²) in [6.45, 7) is 11.3. The molecule has 1 amide bonds. The van der Waals surface area contributed by atoms with Crippen LogP contribution in [0.4, 0.5) is 0 Å². The minimum absolute atomic E-state index is 0.0435. The largest absolute Gasteiger partial charge is 0.396 e. The van der Waals surface area contributed by atoms with Crippen LogP contribution in [0.25, 0.3) is 0 Å². The van der Waals surface area contributed by atoms with Gasteiger partial charge in [-0.05, 0) is 54.0 Å². The van der Waals surface area contributed by atoms with E-state index < -0.39 is 0 Å². The number of carbonyl (C=O) groups is 1. The van der Waals surface area contributed by atoms with Crippen LogP contribution >= 0.6 is 0 Å². The molecule has 1 aliphatic rings. The van der Waals surface area contributed by atoms with Crippen molar-refractivity contribution in [3.63, 3.8) is 0 Å². The summed E-state index contributed by atoms with van der Waals surface area (Å²) in [5.41, 5.74) is -0.340. The molecule has 1 saturated heterocycles. The topological polar surface area (TPSA) is 52.6 Å². The van der Waals surface area contributed by atoms with E-state index in [4.69, 9.17) is 5.11 Å². The van der Waals surface area contributed by atoms with Crippen LogP contribution in [-0.2, 0) is 4.79 Å². The van der Waals surface area contributed by atoms with E-state index in [1.807, 2.05) is 4.90 Å². The second-order valence-electron chi connectivity index (χ2n) is 6.43. The quantitative estimate of drug-likeness (QED) is 0.763. The molecule has 1 fully saturated rings. The van der Waals surface area contributed by atoms with Crippen molar-refractivity contribution in [3.8, 4) is 0 Å². The van der Waals surface area contributed by atoms with Crippen molar-refractivity contribution < 1.29 is 9.90 Å². The summed E-state index contributed by atoms with van der Waals surface area (Å²) in [6, 6.07) is -0.249. The second kappa shape index (κ2) is 4.94. The van der Waals surface area contributed by atoms with Crippen LogP contribution in [0.5, 0.6) is 0 Å². The first-order valence-corrected chi connectivity index (χ1v) is 6.38. The van der Waals surface area contributed by atoms with Gasteiger partial charge >= 0.3 is 0 Å². The number of nitrogens with one attached hydrogen (secondary N) is 1. The number of rotatable bonds is 2. The highest BCUT2D eigenvalue weighted by molar-refractivity contribution is 5.83. The van der Waals surface area contributed by atoms with Gasteiger partial charge in [-0.15, -0.1) is 0 Å². The van der Waals surface area contributed by atoms with Crippen molar-refractivity contribution in [1.29, 1.82) is 0 Å². The summed E-state index contributed by atoms with van der Waals surface area (Å²) < 4.78 is 0. The minimum Gasteiger partial charge on any atom is -0.396 e. The van der Waals surface area contributed by atoms with E-state index in [1.165, 1.54) is 0 Å². The molecule has 1 atom stereocenters. The predicted molar refractivity (Wildman–Crippen MR) is 68.8 cm³/mol. The van der Waals surface area contributed by atoms with Crippen LogP contribution in [0.2, 0.25) is 0 Å². The third kappa shape index (κ3) is 3.19. The standard InChI is InChI=1S/C13H26N2O2/c1-12(2,3)15-11(17)10(6-9-16)14-8-7-13(15,4)5/h10,14,16H,6-9H2,1-5H3. The molecule has 4 heteroatoms. The Bertz CT molecular complexity index is 282. The third-order valence-corrected chi connectivity index (χ3v) is 3.34. The Morgan fingerprint density at radius 3 is 2.53 bits per heavy atom. The Kier molecular flexibility index (Phi) is 4.20. The monoisotopic (exact) mass is 242 g/mol. The van der Waals surface area contributed by atoms with Crippen molar-refractivity contribution in [1.82, 2.24) is 10.2 Å². The molecule has 2 N–H and O–H groups in total. The first-order valence-electron chi connectivity index (χ1n) is 6.38. The highest BCUT2D eigenvalue weighted by Crippen LogP contribution is 2.30. The van der Waals surface area contributed by atoms with Gasteiger partial charge in [0.2, 0.25) is 5.91 Å². The molecule has 1 rings (SSSR count). The van der Waals surface area contributed by atoms with Gasteiger partial charge in [-0.1, -0.05) is 0 Å². The Balaban J connectivity index is 3.03. The maximum atomic E-state index is 12.6. The average Bonchev–Trinajstić information content (AvgIpc) is 2.22. The number of aliphatic hydroxyl groups excluding tert-OH is 1. The van der Waals surface area contributed by atoms with Gasteiger partial charge in [0, 0.05) is 17.7 Å². The lowest BCUT2D eigenvalue weighted by Crippen LogP contribution is -2.59. The van der Waals surface area contributed by atoms with Crippen molar-refractivity contribution in [3.05, 3.63) is 0 Å². The van der Waals surface area contributed by atoms with Crippen LogP contribution in [0, 0.1) is 0 Å². The molecule has 1 heterocycles. The van der Waals surface area contributed by atoms with Gasteiger partial charge in [-0.2, -0.15) is 0 Å². The molecule has 0 spiro atoms. The molecule has 0 bridgehead atoms. The first-order chi connectivity index (χ1) is 7.70. The maximum Gasteiger partial charge on any atom is 0.240 e. The fourth-order valence-electron chi connectivity index (χ4n) is 2.80. The maximum absolute atomic E-state index is 12.6. The normalized spacial score (nSPS) is 25.9. The summed E-state index contributed by atoms with van der Waals surface area (Å²) in [5, 5.41) is 12.3. The van der Waals surface area contributed by atoms with Gasteiger partial charge in [0.15, 0.2) is 0 Å². The SMILES string of the molecule is CC(C)(C)N1C(=O)C(CCO)NCCC1(C)C. The molecule has 1 aliphatic heterocycles. The van der Waals surface area contributed by atoms with Crippen molar-refractivity contribution in [2.75, 3.05) is 13.2 Å². The molecule has 0 aromatic heterocycles. The fourth-order valence-corrected chi connectivity index (χ4v) is 2.80. The van der Waals surface area contributed by atoms with Gasteiger partial charge in [0.05, 0.1) is 6.04 Å². The molecule has 17 heavy (non-hydrogen) atoms. The van der Waals surface area contributed by atoms with Crippen molar-refractivity contribution in [2.24, 2.45) is 0 Å². The number of carbonyl (C=O) groups excluding carboxylic acids is 1. The molecule has 0 aromatic carbocycles. The molecule has 0 aromatic rings. The van der Waals surface area contributed by atoms with Crippen molar-refractivity contribution in [2.45, 2.75) is 64.6 Å². The van der Waals surface area contributed by atoms with Gasteiger partial charge in [0.25, 0.3) is 0 Å². The van der Waals surface area contributed by atoms with Crippen LogP contribution in [0.15, 0.2) is 0 Å². The Labute approximate surface area is 104 Å². The van der Waals surface area contributed by atoms with E-state index in [1.54, 1.807) is 0 Å². The van der Waals surface area contributed by atoms with Crippen LogP contribution < -0.4 is 5.32 Å². The molecular weight excluding hydrogens is 216 g/mol. The molecule has 0 saturated carbocycles. The summed E-state index contributed by atoms with van der Waals surface area (Å²) in [5.74, 6) is 0.106. The Morgan fingerprint density at radius 1 is 1.47 bits per heavy atom. The number of hydrogen-bond donors (Lipinski definition) is 2. The summed E-state index contributed by atoms with van der Waals surface area (Å²) in [7, 11) is 0. The second-order valence-corrected chi connectivity index (χ2v) is 6.43. The third-order valence-electron chi connectivity index (χ3n) is 3.34. The predicted octanol–water partition coefficient (Wildman–Crippen LogP) is 1.14. The zero-order chi connectivity index (χ0) is 13.3. The molecular formula is C13H26N2O2. The minimum atomic E-state index is -0.249. The summed E-state index contributed by atoms with van der Waals surface area (Å²) in [4.78, 5) is 14.5. The molecule has 0 aliphatic carbocycles. The smallest absolute Gasteiger partial charge is 0.240 e. The van der Waals surface area contributed by atoms with Gasteiger partial charge < -0.3 is 15.3 Å². The number of hydrogen-bond acceptors (Lipinski definition) is 3. The lowest BCUT2D eigenvalue weighted by atomic mass is 9.91. The van der Waals surface area contributed by atoms with Crippen LogP contribution in [0.3, 0.4) is 0 Å². The van der Waals surface area contributed by atoms with Crippen LogP contribution in [0.1, 0.15) is 47.5 Å². The highest BCUT2D eigenvalue weighted by Gasteiger charge is 2.42. The van der Waals surface area contributed by atoms with E-state index >= 15 is 0 Å². The molecule has 1 unspecified atom stereocenters. The summed E-state index contributed by atoms with van der Waals surface area (Å²) >= 11 is 0. The molecule has 0 radical (unpaired) electrons. The zero-order valence-corrected chi connectivity index (χ0v) is 11.7. The lowest BCUT2D eigenvalue weighted by molar-refractivity contribution is -0.144. The number of aliphatic hydroxyl groups is 1. The van der Waals surface area contributed by atoms with Gasteiger partial charge in [0.1, 0.15) is 0 Å². The van der Waals surface area contributed by atoms with E-state index in [-0.39, 0.29) is 29.6 Å². The molecule has 100 valence electrons. The van der Waals surface area contributed by atoms with Crippen molar-refractivity contribution >= 4 is 5.91 Å². The van der Waals surface area contributed by atoms with E-state index in [9.17, 15) is 4.79 Å². The number of nitrogens with zero attached hydrogens (tertiary/aromatic N) is 1. The first kappa shape index (κ1) is 14.5. The summed E-state index contributed by atoms with van der Waals surface area (Å²) in [6.07, 6.45) is 1.42. The average molecular weight is 242 g/mol. The lowest BCUT2D eigenvalue weighted by Gasteiger charge is -2.47. The van der Waals surface area contributed by atoms with Crippen LogP contribution in [-0.4, -0.2) is 46.2 Å². The fraction of sp³-hybridized carbons (Fsp3) is 0.923. The van der Waals surface area contributed by atoms with Gasteiger partial charge in [-0.25, -0.2) is 0 Å².